The zero-order valence-electron chi connectivity index (χ0n) is 9.31. The van der Waals surface area contributed by atoms with Gasteiger partial charge in [-0.1, -0.05) is 19.4 Å². The van der Waals surface area contributed by atoms with Crippen molar-refractivity contribution in [2.24, 2.45) is 5.92 Å². The van der Waals surface area contributed by atoms with Crippen LogP contribution in [0.4, 0.5) is 0 Å². The van der Waals surface area contributed by atoms with Gasteiger partial charge >= 0.3 is 0 Å². The van der Waals surface area contributed by atoms with E-state index < -0.39 is 0 Å². The van der Waals surface area contributed by atoms with Gasteiger partial charge in [-0.15, -0.1) is 6.58 Å². The van der Waals surface area contributed by atoms with Crippen molar-refractivity contribution in [3.05, 3.63) is 12.7 Å². The van der Waals surface area contributed by atoms with Crippen molar-refractivity contribution in [2.75, 3.05) is 6.54 Å². The van der Waals surface area contributed by atoms with Gasteiger partial charge < -0.3 is 4.74 Å². The molecule has 80 valence electrons. The van der Waals surface area contributed by atoms with Crippen molar-refractivity contribution in [3.63, 3.8) is 0 Å². The van der Waals surface area contributed by atoms with Crippen LogP contribution in [0.3, 0.4) is 0 Å². The predicted octanol–water partition coefficient (Wildman–Crippen LogP) is 2.46. The van der Waals surface area contributed by atoms with Crippen molar-refractivity contribution in [1.82, 2.24) is 5.32 Å². The van der Waals surface area contributed by atoms with Gasteiger partial charge in [-0.2, -0.15) is 0 Å². The highest BCUT2D eigenvalue weighted by Gasteiger charge is 2.48. The zero-order chi connectivity index (χ0) is 10.2. The monoisotopic (exact) mass is 195 g/mol. The molecule has 1 N–H and O–H groups in total. The Morgan fingerprint density at radius 2 is 2.29 bits per heavy atom. The molecule has 1 saturated carbocycles. The topological polar surface area (TPSA) is 21.3 Å². The smallest absolute Gasteiger partial charge is 0.123 e. The summed E-state index contributed by atoms with van der Waals surface area (Å²) >= 11 is 0. The average Bonchev–Trinajstić information content (AvgIpc) is 2.52. The van der Waals surface area contributed by atoms with Crippen LogP contribution < -0.4 is 5.32 Å². The lowest BCUT2D eigenvalue weighted by Gasteiger charge is -2.40. The second-order valence-electron chi connectivity index (χ2n) is 5.01. The summed E-state index contributed by atoms with van der Waals surface area (Å²) in [6.45, 7) is 9.16. The highest BCUT2D eigenvalue weighted by molar-refractivity contribution is 5.06. The molecule has 2 fully saturated rings. The first-order chi connectivity index (χ1) is 6.60. The largest absolute Gasteiger partial charge is 0.349 e. The van der Waals surface area contributed by atoms with Gasteiger partial charge in [-0.3, -0.25) is 5.32 Å². The molecule has 0 radical (unpaired) electrons. The van der Waals surface area contributed by atoms with E-state index in [0.29, 0.717) is 5.92 Å². The van der Waals surface area contributed by atoms with Gasteiger partial charge in [0.15, 0.2) is 0 Å². The van der Waals surface area contributed by atoms with E-state index in [1.807, 2.05) is 6.08 Å². The van der Waals surface area contributed by atoms with Gasteiger partial charge in [0.05, 0.1) is 5.60 Å². The Bertz CT molecular complexity index is 240. The van der Waals surface area contributed by atoms with E-state index in [-0.39, 0.29) is 11.3 Å². The van der Waals surface area contributed by atoms with Gasteiger partial charge in [0.2, 0.25) is 0 Å². The highest BCUT2D eigenvalue weighted by atomic mass is 16.5. The molecule has 0 amide bonds. The molecule has 2 rings (SSSR count). The summed E-state index contributed by atoms with van der Waals surface area (Å²) in [5.74, 6) is 0.623. The second-order valence-corrected chi connectivity index (χ2v) is 5.01. The number of ether oxygens (including phenoxy) is 1. The van der Waals surface area contributed by atoms with Crippen LogP contribution in [-0.2, 0) is 4.74 Å². The van der Waals surface area contributed by atoms with E-state index in [9.17, 15) is 0 Å². The lowest BCUT2D eigenvalue weighted by atomic mass is 9.82. The standard InChI is InChI=1S/C12H21NO/c1-4-11(3)9-13-12(14-11)8-6-5-7-10(12)2/h4,10,13H,1,5-9H2,2-3H3. The van der Waals surface area contributed by atoms with Crippen molar-refractivity contribution >= 4 is 0 Å². The second kappa shape index (κ2) is 3.35. The first kappa shape index (κ1) is 10.2. The minimum absolute atomic E-state index is 0.0544. The van der Waals surface area contributed by atoms with Crippen LogP contribution in [0.15, 0.2) is 12.7 Å². The van der Waals surface area contributed by atoms with Gasteiger partial charge in [0.1, 0.15) is 5.72 Å². The maximum Gasteiger partial charge on any atom is 0.123 e. The van der Waals surface area contributed by atoms with Gasteiger partial charge in [-0.05, 0) is 32.1 Å². The maximum absolute atomic E-state index is 6.21. The molecule has 0 aromatic heterocycles. The quantitative estimate of drug-likeness (QED) is 0.649. The lowest BCUT2D eigenvalue weighted by Crippen LogP contribution is -2.49. The molecule has 1 spiro atoms. The van der Waals surface area contributed by atoms with Crippen molar-refractivity contribution in [3.8, 4) is 0 Å². The molecule has 2 nitrogen and oxygen atoms in total. The van der Waals surface area contributed by atoms with Crippen LogP contribution in [0.1, 0.15) is 39.5 Å². The van der Waals surface area contributed by atoms with Crippen LogP contribution in [0, 0.1) is 5.92 Å². The molecule has 1 heterocycles. The fourth-order valence-corrected chi connectivity index (χ4v) is 2.66. The molecule has 14 heavy (non-hydrogen) atoms. The lowest BCUT2D eigenvalue weighted by molar-refractivity contribution is -0.126. The normalized spacial score (nSPS) is 48.3. The fourth-order valence-electron chi connectivity index (χ4n) is 2.66. The number of nitrogens with one attached hydrogen (secondary N) is 1. The SMILES string of the molecule is C=CC1(C)CNC2(CCCCC2C)O1. The van der Waals surface area contributed by atoms with Crippen LogP contribution in [0.5, 0.6) is 0 Å². The summed E-state index contributed by atoms with van der Waals surface area (Å²) in [4.78, 5) is 0. The Morgan fingerprint density at radius 3 is 2.86 bits per heavy atom. The number of hydrogen-bond acceptors (Lipinski definition) is 2. The van der Waals surface area contributed by atoms with Gasteiger partial charge in [-0.25, -0.2) is 0 Å². The summed E-state index contributed by atoms with van der Waals surface area (Å²) in [5, 5.41) is 3.57. The van der Waals surface area contributed by atoms with E-state index in [4.69, 9.17) is 4.74 Å². The molecule has 2 heteroatoms. The van der Waals surface area contributed by atoms with E-state index in [1.54, 1.807) is 0 Å². The third-order valence-electron chi connectivity index (χ3n) is 3.82. The van der Waals surface area contributed by atoms with E-state index >= 15 is 0 Å². The van der Waals surface area contributed by atoms with E-state index in [1.165, 1.54) is 19.3 Å². The van der Waals surface area contributed by atoms with Crippen LogP contribution in [0.2, 0.25) is 0 Å². The van der Waals surface area contributed by atoms with Crippen LogP contribution in [0.25, 0.3) is 0 Å². The molecule has 3 atom stereocenters. The minimum Gasteiger partial charge on any atom is -0.349 e. The highest BCUT2D eigenvalue weighted by Crippen LogP contribution is 2.41. The Hall–Kier alpha value is -0.340. The molecule has 3 unspecified atom stereocenters. The molecule has 1 aliphatic carbocycles. The maximum atomic E-state index is 6.21. The van der Waals surface area contributed by atoms with E-state index in [2.05, 4.69) is 25.7 Å². The Balaban J connectivity index is 2.14. The first-order valence-electron chi connectivity index (χ1n) is 5.69. The molecule has 0 aromatic rings. The minimum atomic E-state index is -0.161. The summed E-state index contributed by atoms with van der Waals surface area (Å²) in [6.07, 6.45) is 6.98. The van der Waals surface area contributed by atoms with Crippen molar-refractivity contribution < 1.29 is 4.74 Å². The summed E-state index contributed by atoms with van der Waals surface area (Å²) < 4.78 is 6.21. The molecule has 0 bridgehead atoms. The molecule has 1 saturated heterocycles. The fraction of sp³-hybridized carbons (Fsp3) is 0.833. The number of rotatable bonds is 1. The summed E-state index contributed by atoms with van der Waals surface area (Å²) in [7, 11) is 0. The van der Waals surface area contributed by atoms with Gasteiger partial charge in [0, 0.05) is 6.54 Å². The molecular weight excluding hydrogens is 174 g/mol. The molecule has 0 aromatic carbocycles. The van der Waals surface area contributed by atoms with E-state index in [0.717, 1.165) is 13.0 Å². The molecule has 1 aliphatic heterocycles. The summed E-state index contributed by atoms with van der Waals surface area (Å²) in [5.41, 5.74) is -0.215. The summed E-state index contributed by atoms with van der Waals surface area (Å²) in [6, 6.07) is 0. The van der Waals surface area contributed by atoms with Gasteiger partial charge in [0.25, 0.3) is 0 Å². The van der Waals surface area contributed by atoms with Crippen LogP contribution in [-0.4, -0.2) is 17.9 Å². The Labute approximate surface area is 86.7 Å². The molecule has 2 aliphatic rings. The third kappa shape index (κ3) is 1.51. The third-order valence-corrected chi connectivity index (χ3v) is 3.82. The Morgan fingerprint density at radius 1 is 1.50 bits per heavy atom. The molecular formula is C12H21NO. The average molecular weight is 195 g/mol. The van der Waals surface area contributed by atoms with Crippen LogP contribution >= 0.6 is 0 Å². The van der Waals surface area contributed by atoms with Crippen molar-refractivity contribution in [2.45, 2.75) is 50.9 Å². The first-order valence-corrected chi connectivity index (χ1v) is 5.69. The zero-order valence-corrected chi connectivity index (χ0v) is 9.31. The predicted molar refractivity (Wildman–Crippen MR) is 58.1 cm³/mol. The van der Waals surface area contributed by atoms with Crippen molar-refractivity contribution in [1.29, 1.82) is 0 Å². The Kier molecular flexibility index (Phi) is 2.44. The number of hydrogen-bond donors (Lipinski definition) is 1.